The van der Waals surface area contributed by atoms with Crippen LogP contribution < -0.4 is 5.56 Å². The number of nitrogens with zero attached hydrogens (tertiary/aromatic N) is 2. The van der Waals surface area contributed by atoms with Gasteiger partial charge in [0.2, 0.25) is 0 Å². The molecule has 4 rings (SSSR count). The highest BCUT2D eigenvalue weighted by molar-refractivity contribution is 7.18. The summed E-state index contributed by atoms with van der Waals surface area (Å²) in [4.78, 5) is 20.5. The lowest BCUT2D eigenvalue weighted by atomic mass is 9.89. The standard InChI is InChI=1S/C21H23ClN2O2S/c1-13-6-7-16-17(10-13)27-20-19(16)21(25)24(8-9-26-2)18(23-20)12-14-4-3-5-15(22)11-14/h3-5,11,13H,6-10,12H2,1-2H3. The Morgan fingerprint density at radius 3 is 3.04 bits per heavy atom. The van der Waals surface area contributed by atoms with Crippen LogP contribution in [0.15, 0.2) is 29.1 Å². The molecule has 1 atom stereocenters. The third-order valence-corrected chi connectivity index (χ3v) is 6.65. The topological polar surface area (TPSA) is 44.1 Å². The minimum absolute atomic E-state index is 0.0705. The van der Waals surface area contributed by atoms with Gasteiger partial charge >= 0.3 is 0 Å². The number of methoxy groups -OCH3 is 1. The first-order valence-electron chi connectivity index (χ1n) is 9.34. The number of hydrogen-bond donors (Lipinski definition) is 0. The Labute approximate surface area is 167 Å². The smallest absolute Gasteiger partial charge is 0.262 e. The van der Waals surface area contributed by atoms with Crippen LogP contribution in [0.5, 0.6) is 0 Å². The summed E-state index contributed by atoms with van der Waals surface area (Å²) < 4.78 is 7.03. The summed E-state index contributed by atoms with van der Waals surface area (Å²) in [5.74, 6) is 1.45. The van der Waals surface area contributed by atoms with Gasteiger partial charge in [-0.3, -0.25) is 9.36 Å². The van der Waals surface area contributed by atoms with Crippen LogP contribution in [0.2, 0.25) is 5.02 Å². The summed E-state index contributed by atoms with van der Waals surface area (Å²) in [5, 5.41) is 1.52. The number of thiophene rings is 1. The molecule has 3 aromatic rings. The molecule has 4 nitrogen and oxygen atoms in total. The van der Waals surface area contributed by atoms with Gasteiger partial charge in [0.1, 0.15) is 10.7 Å². The van der Waals surface area contributed by atoms with Crippen LogP contribution in [0.3, 0.4) is 0 Å². The largest absolute Gasteiger partial charge is 0.383 e. The fraction of sp³-hybridized carbons (Fsp3) is 0.429. The molecule has 1 aromatic carbocycles. The zero-order chi connectivity index (χ0) is 19.0. The number of ether oxygens (including phenoxy) is 1. The Hall–Kier alpha value is -1.69. The van der Waals surface area contributed by atoms with Gasteiger partial charge in [-0.05, 0) is 48.4 Å². The molecule has 2 heterocycles. The summed E-state index contributed by atoms with van der Waals surface area (Å²) in [7, 11) is 1.65. The number of rotatable bonds is 5. The average Bonchev–Trinajstić information content (AvgIpc) is 2.98. The van der Waals surface area contributed by atoms with Crippen LogP contribution in [0.4, 0.5) is 0 Å². The second-order valence-corrected chi connectivity index (χ2v) is 8.84. The van der Waals surface area contributed by atoms with Gasteiger partial charge in [0.05, 0.1) is 18.5 Å². The molecule has 0 saturated carbocycles. The zero-order valence-electron chi connectivity index (χ0n) is 15.6. The monoisotopic (exact) mass is 402 g/mol. The third-order valence-electron chi connectivity index (χ3n) is 5.26. The second-order valence-electron chi connectivity index (χ2n) is 7.32. The van der Waals surface area contributed by atoms with E-state index in [4.69, 9.17) is 21.3 Å². The molecule has 0 saturated heterocycles. The van der Waals surface area contributed by atoms with Crippen LogP contribution >= 0.6 is 22.9 Å². The first-order chi connectivity index (χ1) is 13.1. The maximum atomic E-state index is 13.4. The van der Waals surface area contributed by atoms with Gasteiger partial charge in [0, 0.05) is 23.4 Å². The second kappa shape index (κ2) is 7.74. The molecule has 0 aliphatic heterocycles. The summed E-state index contributed by atoms with van der Waals surface area (Å²) in [6, 6.07) is 7.73. The minimum Gasteiger partial charge on any atom is -0.383 e. The molecule has 6 heteroatoms. The Bertz CT molecular complexity index is 1040. The van der Waals surface area contributed by atoms with Crippen LogP contribution in [-0.2, 0) is 30.5 Å². The quantitative estimate of drug-likeness (QED) is 0.632. The van der Waals surface area contributed by atoms with Crippen molar-refractivity contribution in [2.75, 3.05) is 13.7 Å². The van der Waals surface area contributed by atoms with Gasteiger partial charge in [-0.25, -0.2) is 4.98 Å². The maximum Gasteiger partial charge on any atom is 0.262 e. The van der Waals surface area contributed by atoms with Crippen molar-refractivity contribution in [1.82, 2.24) is 9.55 Å². The molecule has 0 spiro atoms. The summed E-state index contributed by atoms with van der Waals surface area (Å²) in [6.45, 7) is 3.27. The average molecular weight is 403 g/mol. The molecule has 0 radical (unpaired) electrons. The van der Waals surface area contributed by atoms with Crippen molar-refractivity contribution in [2.45, 2.75) is 39.2 Å². The number of aromatic nitrogens is 2. The van der Waals surface area contributed by atoms with E-state index in [-0.39, 0.29) is 5.56 Å². The van der Waals surface area contributed by atoms with Crippen LogP contribution in [0.1, 0.15) is 35.2 Å². The number of hydrogen-bond acceptors (Lipinski definition) is 4. The summed E-state index contributed by atoms with van der Waals surface area (Å²) >= 11 is 7.83. The van der Waals surface area contributed by atoms with E-state index in [9.17, 15) is 4.79 Å². The van der Waals surface area contributed by atoms with E-state index in [0.717, 1.165) is 40.9 Å². The predicted octanol–water partition coefficient (Wildman–Crippen LogP) is 4.47. The molecular weight excluding hydrogens is 380 g/mol. The maximum absolute atomic E-state index is 13.4. The number of halogens is 1. The highest BCUT2D eigenvalue weighted by Gasteiger charge is 2.24. The Kier molecular flexibility index (Phi) is 5.35. The molecule has 2 aromatic heterocycles. The Morgan fingerprint density at radius 1 is 1.41 bits per heavy atom. The van der Waals surface area contributed by atoms with Crippen molar-refractivity contribution >= 4 is 33.2 Å². The molecule has 0 amide bonds. The number of aryl methyl sites for hydroxylation is 1. The SMILES string of the molecule is COCCn1c(Cc2cccc(Cl)c2)nc2sc3c(c2c1=O)CCC(C)C3. The lowest BCUT2D eigenvalue weighted by molar-refractivity contribution is 0.185. The van der Waals surface area contributed by atoms with Crippen LogP contribution in [0, 0.1) is 5.92 Å². The zero-order valence-corrected chi connectivity index (χ0v) is 17.2. The van der Waals surface area contributed by atoms with Crippen molar-refractivity contribution in [3.63, 3.8) is 0 Å². The van der Waals surface area contributed by atoms with Crippen molar-refractivity contribution < 1.29 is 4.74 Å². The molecule has 0 N–H and O–H groups in total. The van der Waals surface area contributed by atoms with E-state index >= 15 is 0 Å². The predicted molar refractivity (Wildman–Crippen MR) is 111 cm³/mol. The van der Waals surface area contributed by atoms with Crippen molar-refractivity contribution in [3.05, 3.63) is 61.5 Å². The lowest BCUT2D eigenvalue weighted by Crippen LogP contribution is -2.27. The normalized spacial score (nSPS) is 16.6. The van der Waals surface area contributed by atoms with E-state index in [0.29, 0.717) is 30.5 Å². The lowest BCUT2D eigenvalue weighted by Gasteiger charge is -2.18. The first kappa shape index (κ1) is 18.7. The Morgan fingerprint density at radius 2 is 2.26 bits per heavy atom. The Balaban J connectivity index is 1.85. The van der Waals surface area contributed by atoms with Gasteiger partial charge in [-0.1, -0.05) is 30.7 Å². The molecule has 27 heavy (non-hydrogen) atoms. The molecule has 142 valence electrons. The molecule has 1 unspecified atom stereocenters. The molecule has 0 bridgehead atoms. The summed E-state index contributed by atoms with van der Waals surface area (Å²) in [5.41, 5.74) is 2.35. The van der Waals surface area contributed by atoms with E-state index in [1.807, 2.05) is 24.3 Å². The van der Waals surface area contributed by atoms with Crippen molar-refractivity contribution in [1.29, 1.82) is 0 Å². The molecule has 1 aliphatic carbocycles. The summed E-state index contributed by atoms with van der Waals surface area (Å²) in [6.07, 6.45) is 3.75. The van der Waals surface area contributed by atoms with E-state index in [1.54, 1.807) is 23.0 Å². The minimum atomic E-state index is 0.0705. The van der Waals surface area contributed by atoms with Crippen LogP contribution in [-0.4, -0.2) is 23.3 Å². The van der Waals surface area contributed by atoms with E-state index < -0.39 is 0 Å². The van der Waals surface area contributed by atoms with E-state index in [1.165, 1.54) is 10.4 Å². The fourth-order valence-corrected chi connectivity index (χ4v) is 5.45. The van der Waals surface area contributed by atoms with Gasteiger partial charge < -0.3 is 4.74 Å². The first-order valence-corrected chi connectivity index (χ1v) is 10.5. The van der Waals surface area contributed by atoms with Crippen LogP contribution in [0.25, 0.3) is 10.2 Å². The number of benzene rings is 1. The molecular formula is C21H23ClN2O2S. The van der Waals surface area contributed by atoms with Gasteiger partial charge in [0.25, 0.3) is 5.56 Å². The van der Waals surface area contributed by atoms with Gasteiger partial charge in [0.15, 0.2) is 0 Å². The van der Waals surface area contributed by atoms with Gasteiger partial charge in [-0.2, -0.15) is 0 Å². The highest BCUT2D eigenvalue weighted by atomic mass is 35.5. The highest BCUT2D eigenvalue weighted by Crippen LogP contribution is 2.36. The molecule has 1 aliphatic rings. The number of fused-ring (bicyclic) bond motifs is 3. The van der Waals surface area contributed by atoms with Crippen molar-refractivity contribution in [2.24, 2.45) is 5.92 Å². The van der Waals surface area contributed by atoms with Crippen molar-refractivity contribution in [3.8, 4) is 0 Å². The van der Waals surface area contributed by atoms with Gasteiger partial charge in [-0.15, -0.1) is 11.3 Å². The molecule has 0 fully saturated rings. The van der Waals surface area contributed by atoms with E-state index in [2.05, 4.69) is 6.92 Å². The third kappa shape index (κ3) is 3.68. The fourth-order valence-electron chi connectivity index (χ4n) is 3.84.